The van der Waals surface area contributed by atoms with Gasteiger partial charge >= 0.3 is 0 Å². The number of carbonyl (C=O) groups is 1. The van der Waals surface area contributed by atoms with Gasteiger partial charge in [0.15, 0.2) is 5.69 Å². The van der Waals surface area contributed by atoms with Gasteiger partial charge in [-0.15, -0.1) is 0 Å². The highest BCUT2D eigenvalue weighted by molar-refractivity contribution is 6.06. The molecule has 1 aliphatic heterocycles. The van der Waals surface area contributed by atoms with Gasteiger partial charge in [-0.25, -0.2) is 4.98 Å². The Bertz CT molecular complexity index is 1020. The quantitative estimate of drug-likeness (QED) is 0.599. The topological polar surface area (TPSA) is 38.1 Å². The van der Waals surface area contributed by atoms with Crippen LogP contribution in [0.5, 0.6) is 0 Å². The van der Waals surface area contributed by atoms with E-state index in [9.17, 15) is 4.79 Å². The first kappa shape index (κ1) is 19.4. The number of nitrogens with zero attached hydrogens (tertiary/aromatic N) is 3. The number of rotatable bonds is 4. The summed E-state index contributed by atoms with van der Waals surface area (Å²) in [4.78, 5) is 20.2. The molecule has 0 fully saturated rings. The number of imidazole rings is 1. The number of aryl methyl sites for hydroxylation is 2. The second-order valence-corrected chi connectivity index (χ2v) is 7.91. The number of hydrogen-bond acceptors (Lipinski definition) is 2. The van der Waals surface area contributed by atoms with E-state index in [1.807, 2.05) is 25.2 Å². The summed E-state index contributed by atoms with van der Waals surface area (Å²) in [5.41, 5.74) is 6.14. The molecule has 1 aromatic heterocycles. The standard InChI is InChI=1S/C25H29N3O/c1-4-19-10-7-8-11-21(19)27(3)25(29)23-22-12-6-5-9-17-28(22)24(26-23)20-15-13-18(2)14-16-20/h7-8,10-11,13-16H,4-6,9,12,17H2,1-3H3. The first-order valence-electron chi connectivity index (χ1n) is 10.6. The number of aromatic nitrogens is 2. The van der Waals surface area contributed by atoms with Crippen molar-refractivity contribution in [2.75, 3.05) is 11.9 Å². The van der Waals surface area contributed by atoms with E-state index in [4.69, 9.17) is 4.98 Å². The molecule has 0 N–H and O–H groups in total. The Labute approximate surface area is 173 Å². The van der Waals surface area contributed by atoms with E-state index >= 15 is 0 Å². The average Bonchev–Trinajstić information content (AvgIpc) is 2.94. The molecule has 3 aromatic rings. The molecule has 4 rings (SSSR count). The highest BCUT2D eigenvalue weighted by Gasteiger charge is 2.27. The molecule has 2 aromatic carbocycles. The molecule has 0 aliphatic carbocycles. The third-order valence-electron chi connectivity index (χ3n) is 5.92. The molecule has 1 aliphatic rings. The zero-order valence-corrected chi connectivity index (χ0v) is 17.6. The predicted octanol–water partition coefficient (Wildman–Crippen LogP) is 5.42. The molecule has 0 spiro atoms. The Morgan fingerprint density at radius 2 is 1.83 bits per heavy atom. The minimum Gasteiger partial charge on any atom is -0.327 e. The molecular formula is C25H29N3O. The van der Waals surface area contributed by atoms with Gasteiger partial charge in [-0.3, -0.25) is 4.79 Å². The molecule has 0 bridgehead atoms. The second kappa shape index (κ2) is 8.24. The first-order valence-corrected chi connectivity index (χ1v) is 10.6. The molecule has 29 heavy (non-hydrogen) atoms. The summed E-state index contributed by atoms with van der Waals surface area (Å²) in [7, 11) is 1.87. The van der Waals surface area contributed by atoms with Crippen LogP contribution in [-0.4, -0.2) is 22.5 Å². The van der Waals surface area contributed by atoms with E-state index in [0.29, 0.717) is 5.69 Å². The van der Waals surface area contributed by atoms with Gasteiger partial charge in [0.05, 0.1) is 5.69 Å². The minimum absolute atomic E-state index is 0.0186. The Kier molecular flexibility index (Phi) is 5.52. The van der Waals surface area contributed by atoms with Crippen LogP contribution in [0.3, 0.4) is 0 Å². The molecule has 1 amide bonds. The first-order chi connectivity index (χ1) is 14.1. The Balaban J connectivity index is 1.79. The number of carbonyl (C=O) groups excluding carboxylic acids is 1. The van der Waals surface area contributed by atoms with Crippen LogP contribution in [0.25, 0.3) is 11.4 Å². The lowest BCUT2D eigenvalue weighted by molar-refractivity contribution is 0.0987. The van der Waals surface area contributed by atoms with Crippen molar-refractivity contribution in [2.45, 2.75) is 52.5 Å². The number of benzene rings is 2. The number of para-hydroxylation sites is 1. The van der Waals surface area contributed by atoms with Crippen LogP contribution in [0.4, 0.5) is 5.69 Å². The van der Waals surface area contributed by atoms with E-state index in [1.165, 1.54) is 17.5 Å². The van der Waals surface area contributed by atoms with Crippen molar-refractivity contribution in [2.24, 2.45) is 0 Å². The van der Waals surface area contributed by atoms with Gasteiger partial charge in [-0.1, -0.05) is 61.4 Å². The van der Waals surface area contributed by atoms with Crippen molar-refractivity contribution in [1.82, 2.24) is 9.55 Å². The van der Waals surface area contributed by atoms with Gasteiger partial charge in [0.2, 0.25) is 0 Å². The normalized spacial score (nSPS) is 13.6. The summed E-state index contributed by atoms with van der Waals surface area (Å²) in [5, 5.41) is 0. The lowest BCUT2D eigenvalue weighted by atomic mass is 10.1. The molecule has 4 heteroatoms. The third-order valence-corrected chi connectivity index (χ3v) is 5.92. The fraction of sp³-hybridized carbons (Fsp3) is 0.360. The number of amides is 1. The van der Waals surface area contributed by atoms with E-state index in [0.717, 1.165) is 55.0 Å². The van der Waals surface area contributed by atoms with Crippen LogP contribution >= 0.6 is 0 Å². The SMILES string of the molecule is CCc1ccccc1N(C)C(=O)c1nc(-c2ccc(C)cc2)n2c1CCCCC2. The minimum atomic E-state index is -0.0186. The summed E-state index contributed by atoms with van der Waals surface area (Å²) in [6.45, 7) is 5.13. The van der Waals surface area contributed by atoms with Gasteiger partial charge < -0.3 is 9.47 Å². The van der Waals surface area contributed by atoms with Crippen LogP contribution in [-0.2, 0) is 19.4 Å². The Morgan fingerprint density at radius 1 is 1.07 bits per heavy atom. The molecule has 2 heterocycles. The van der Waals surface area contributed by atoms with Crippen LogP contribution in [0, 0.1) is 6.92 Å². The molecule has 0 saturated carbocycles. The van der Waals surface area contributed by atoms with E-state index in [1.54, 1.807) is 4.90 Å². The molecule has 150 valence electrons. The van der Waals surface area contributed by atoms with Crippen LogP contribution in [0.2, 0.25) is 0 Å². The zero-order valence-electron chi connectivity index (χ0n) is 17.6. The van der Waals surface area contributed by atoms with Gasteiger partial charge in [-0.05, 0) is 44.2 Å². The van der Waals surface area contributed by atoms with Crippen LogP contribution in [0.1, 0.15) is 53.5 Å². The lowest BCUT2D eigenvalue weighted by Crippen LogP contribution is -2.28. The molecule has 0 radical (unpaired) electrons. The zero-order chi connectivity index (χ0) is 20.4. The third kappa shape index (κ3) is 3.71. The maximum atomic E-state index is 13.5. The average molecular weight is 388 g/mol. The molecule has 0 unspecified atom stereocenters. The Hall–Kier alpha value is -2.88. The number of hydrogen-bond donors (Lipinski definition) is 0. The van der Waals surface area contributed by atoms with Crippen molar-refractivity contribution in [3.63, 3.8) is 0 Å². The Morgan fingerprint density at radius 3 is 2.59 bits per heavy atom. The van der Waals surface area contributed by atoms with Crippen molar-refractivity contribution in [1.29, 1.82) is 0 Å². The van der Waals surface area contributed by atoms with Crippen molar-refractivity contribution in [3.05, 3.63) is 71.0 Å². The number of anilines is 1. The fourth-order valence-corrected chi connectivity index (χ4v) is 4.22. The lowest BCUT2D eigenvalue weighted by Gasteiger charge is -2.20. The van der Waals surface area contributed by atoms with Gasteiger partial charge in [-0.2, -0.15) is 0 Å². The summed E-state index contributed by atoms with van der Waals surface area (Å²) in [5.74, 6) is 0.900. The number of fused-ring (bicyclic) bond motifs is 1. The van der Waals surface area contributed by atoms with E-state index < -0.39 is 0 Å². The maximum absolute atomic E-state index is 13.5. The summed E-state index contributed by atoms with van der Waals surface area (Å²) < 4.78 is 2.28. The van der Waals surface area contributed by atoms with Gasteiger partial charge in [0, 0.05) is 24.8 Å². The monoisotopic (exact) mass is 387 g/mol. The van der Waals surface area contributed by atoms with Crippen LogP contribution < -0.4 is 4.90 Å². The van der Waals surface area contributed by atoms with Gasteiger partial charge in [0.1, 0.15) is 5.82 Å². The van der Waals surface area contributed by atoms with Crippen LogP contribution in [0.15, 0.2) is 48.5 Å². The second-order valence-electron chi connectivity index (χ2n) is 7.91. The predicted molar refractivity (Wildman–Crippen MR) is 119 cm³/mol. The molecular weight excluding hydrogens is 358 g/mol. The summed E-state index contributed by atoms with van der Waals surface area (Å²) in [6.07, 6.45) is 5.23. The molecule has 0 atom stereocenters. The van der Waals surface area contributed by atoms with Crippen molar-refractivity contribution in [3.8, 4) is 11.4 Å². The highest BCUT2D eigenvalue weighted by atomic mass is 16.2. The van der Waals surface area contributed by atoms with Crippen molar-refractivity contribution >= 4 is 11.6 Å². The van der Waals surface area contributed by atoms with E-state index in [-0.39, 0.29) is 5.91 Å². The fourth-order valence-electron chi connectivity index (χ4n) is 4.22. The molecule has 4 nitrogen and oxygen atoms in total. The summed E-state index contributed by atoms with van der Waals surface area (Å²) >= 11 is 0. The maximum Gasteiger partial charge on any atom is 0.278 e. The summed E-state index contributed by atoms with van der Waals surface area (Å²) in [6, 6.07) is 16.6. The van der Waals surface area contributed by atoms with Crippen molar-refractivity contribution < 1.29 is 4.79 Å². The molecule has 0 saturated heterocycles. The highest BCUT2D eigenvalue weighted by Crippen LogP contribution is 2.29. The largest absolute Gasteiger partial charge is 0.327 e. The van der Waals surface area contributed by atoms with Gasteiger partial charge in [0.25, 0.3) is 5.91 Å². The van der Waals surface area contributed by atoms with E-state index in [2.05, 4.69) is 48.7 Å². The smallest absolute Gasteiger partial charge is 0.278 e.